The number of hydrogen-bond donors (Lipinski definition) is 1. The van der Waals surface area contributed by atoms with Crippen molar-refractivity contribution in [2.45, 2.75) is 20.0 Å². The van der Waals surface area contributed by atoms with Crippen LogP contribution in [0.5, 0.6) is 5.75 Å². The highest BCUT2D eigenvalue weighted by Gasteiger charge is 2.21. The molecule has 8 nitrogen and oxygen atoms in total. The Bertz CT molecular complexity index is 853. The number of nitro benzene ring substituents is 1. The van der Waals surface area contributed by atoms with Crippen LogP contribution in [0.1, 0.15) is 24.2 Å². The monoisotopic (exact) mass is 392 g/mol. The Morgan fingerprint density at radius 3 is 2.48 bits per heavy atom. The Balaban J connectivity index is 2.02. The smallest absolute Gasteiger partial charge is 0.338 e. The van der Waals surface area contributed by atoms with Gasteiger partial charge in [-0.1, -0.05) is 11.6 Å². The van der Waals surface area contributed by atoms with E-state index >= 15 is 0 Å². The summed E-state index contributed by atoms with van der Waals surface area (Å²) in [4.78, 5) is 34.6. The van der Waals surface area contributed by atoms with Crippen LogP contribution in [0.2, 0.25) is 5.02 Å². The molecule has 0 aromatic heterocycles. The van der Waals surface area contributed by atoms with Crippen molar-refractivity contribution in [3.05, 3.63) is 63.2 Å². The fourth-order valence-electron chi connectivity index (χ4n) is 2.09. The number of carbonyl (C=O) groups excluding carboxylic acids is 2. The van der Waals surface area contributed by atoms with E-state index in [0.29, 0.717) is 12.4 Å². The molecular weight excluding hydrogens is 376 g/mol. The SMILES string of the molecule is CCOc1ccc(C(=O)OC(C)C(=O)Nc2cc([N+](=O)[O-])ccc2Cl)cc1. The highest BCUT2D eigenvalue weighted by molar-refractivity contribution is 6.33. The van der Waals surface area contributed by atoms with Crippen LogP contribution in [0.3, 0.4) is 0 Å². The molecule has 9 heteroatoms. The number of nitro groups is 1. The molecule has 0 spiro atoms. The van der Waals surface area contributed by atoms with Crippen LogP contribution in [0.15, 0.2) is 42.5 Å². The van der Waals surface area contributed by atoms with Gasteiger partial charge in [0.1, 0.15) is 5.75 Å². The lowest BCUT2D eigenvalue weighted by Gasteiger charge is -2.14. The molecule has 1 unspecified atom stereocenters. The Kier molecular flexibility index (Phi) is 6.73. The maximum Gasteiger partial charge on any atom is 0.338 e. The molecule has 0 aliphatic rings. The zero-order valence-electron chi connectivity index (χ0n) is 14.6. The lowest BCUT2D eigenvalue weighted by Crippen LogP contribution is -2.30. The first-order valence-electron chi connectivity index (χ1n) is 8.00. The third-order valence-electron chi connectivity index (χ3n) is 3.47. The summed E-state index contributed by atoms with van der Waals surface area (Å²) in [6.07, 6.45) is -1.14. The highest BCUT2D eigenvalue weighted by atomic mass is 35.5. The number of halogens is 1. The maximum absolute atomic E-state index is 12.2. The van der Waals surface area contributed by atoms with E-state index in [1.165, 1.54) is 31.2 Å². The van der Waals surface area contributed by atoms with E-state index < -0.39 is 22.9 Å². The van der Waals surface area contributed by atoms with Gasteiger partial charge in [-0.2, -0.15) is 0 Å². The van der Waals surface area contributed by atoms with E-state index in [9.17, 15) is 19.7 Å². The molecule has 27 heavy (non-hydrogen) atoms. The van der Waals surface area contributed by atoms with Crippen LogP contribution < -0.4 is 10.1 Å². The molecular formula is C18H17ClN2O6. The van der Waals surface area contributed by atoms with Gasteiger partial charge in [-0.05, 0) is 44.2 Å². The fraction of sp³-hybridized carbons (Fsp3) is 0.222. The number of anilines is 1. The molecule has 0 bridgehead atoms. The van der Waals surface area contributed by atoms with E-state index in [1.807, 2.05) is 6.92 Å². The van der Waals surface area contributed by atoms with Gasteiger partial charge >= 0.3 is 5.97 Å². The van der Waals surface area contributed by atoms with E-state index in [2.05, 4.69) is 5.32 Å². The zero-order chi connectivity index (χ0) is 20.0. The molecule has 2 aromatic rings. The Morgan fingerprint density at radius 1 is 1.22 bits per heavy atom. The van der Waals surface area contributed by atoms with Gasteiger partial charge in [0, 0.05) is 12.1 Å². The summed E-state index contributed by atoms with van der Waals surface area (Å²) in [5.41, 5.74) is 0.0834. The number of rotatable bonds is 7. The van der Waals surface area contributed by atoms with Crippen LogP contribution in [0.4, 0.5) is 11.4 Å². The quantitative estimate of drug-likeness (QED) is 0.436. The molecule has 0 heterocycles. The Morgan fingerprint density at radius 2 is 1.89 bits per heavy atom. The first-order chi connectivity index (χ1) is 12.8. The van der Waals surface area contributed by atoms with Crippen LogP contribution >= 0.6 is 11.6 Å². The molecule has 0 aliphatic carbocycles. The molecule has 0 saturated heterocycles. The van der Waals surface area contributed by atoms with Crippen LogP contribution in [0.25, 0.3) is 0 Å². The molecule has 2 aromatic carbocycles. The van der Waals surface area contributed by atoms with Gasteiger partial charge in [-0.3, -0.25) is 14.9 Å². The molecule has 1 N–H and O–H groups in total. The molecule has 0 fully saturated rings. The zero-order valence-corrected chi connectivity index (χ0v) is 15.4. The predicted molar refractivity (Wildman–Crippen MR) is 99.2 cm³/mol. The molecule has 0 aliphatic heterocycles. The van der Waals surface area contributed by atoms with Crippen molar-refractivity contribution in [2.75, 3.05) is 11.9 Å². The van der Waals surface area contributed by atoms with E-state index in [-0.39, 0.29) is 22.0 Å². The second-order valence-corrected chi connectivity index (χ2v) is 5.82. The number of benzene rings is 2. The number of non-ortho nitro benzene ring substituents is 1. The minimum atomic E-state index is -1.14. The molecule has 1 atom stereocenters. The van der Waals surface area contributed by atoms with Gasteiger partial charge in [-0.15, -0.1) is 0 Å². The second kappa shape index (κ2) is 9.00. The first-order valence-corrected chi connectivity index (χ1v) is 8.38. The first kappa shape index (κ1) is 20.2. The van der Waals surface area contributed by atoms with Gasteiger partial charge in [-0.25, -0.2) is 4.79 Å². The average Bonchev–Trinajstić information content (AvgIpc) is 2.64. The van der Waals surface area contributed by atoms with E-state index in [0.717, 1.165) is 6.07 Å². The van der Waals surface area contributed by atoms with Gasteiger partial charge in [0.05, 0.1) is 27.8 Å². The lowest BCUT2D eigenvalue weighted by molar-refractivity contribution is -0.384. The van der Waals surface area contributed by atoms with Crippen molar-refractivity contribution >= 4 is 34.9 Å². The van der Waals surface area contributed by atoms with Crippen LogP contribution in [0, 0.1) is 10.1 Å². The van der Waals surface area contributed by atoms with E-state index in [1.54, 1.807) is 12.1 Å². The van der Waals surface area contributed by atoms with Crippen LogP contribution in [-0.2, 0) is 9.53 Å². The summed E-state index contributed by atoms with van der Waals surface area (Å²) in [5, 5.41) is 13.4. The Hall–Kier alpha value is -3.13. The minimum Gasteiger partial charge on any atom is -0.494 e. The number of ether oxygens (including phenoxy) is 2. The molecule has 0 saturated carbocycles. The van der Waals surface area contributed by atoms with Gasteiger partial charge in [0.2, 0.25) is 0 Å². The van der Waals surface area contributed by atoms with Crippen molar-refractivity contribution in [2.24, 2.45) is 0 Å². The standard InChI is InChI=1S/C18H17ClN2O6/c1-3-26-14-7-4-12(5-8-14)18(23)27-11(2)17(22)20-16-10-13(21(24)25)6-9-15(16)19/h4-11H,3H2,1-2H3,(H,20,22). The van der Waals surface area contributed by atoms with Gasteiger partial charge in [0.15, 0.2) is 6.10 Å². The third-order valence-corrected chi connectivity index (χ3v) is 3.80. The summed E-state index contributed by atoms with van der Waals surface area (Å²) < 4.78 is 10.4. The largest absolute Gasteiger partial charge is 0.494 e. The minimum absolute atomic E-state index is 0.0554. The normalized spacial score (nSPS) is 11.4. The third kappa shape index (κ3) is 5.42. The van der Waals surface area contributed by atoms with Crippen LogP contribution in [-0.4, -0.2) is 29.5 Å². The number of amides is 1. The van der Waals surface area contributed by atoms with Gasteiger partial charge < -0.3 is 14.8 Å². The van der Waals surface area contributed by atoms with E-state index in [4.69, 9.17) is 21.1 Å². The summed E-state index contributed by atoms with van der Waals surface area (Å²) in [5.74, 6) is -0.748. The summed E-state index contributed by atoms with van der Waals surface area (Å²) >= 11 is 5.93. The number of hydrogen-bond acceptors (Lipinski definition) is 6. The molecule has 1 amide bonds. The molecule has 2 rings (SSSR count). The molecule has 142 valence electrons. The maximum atomic E-state index is 12.2. The topological polar surface area (TPSA) is 108 Å². The lowest BCUT2D eigenvalue weighted by atomic mass is 10.2. The van der Waals surface area contributed by atoms with Crippen molar-refractivity contribution in [1.29, 1.82) is 0 Å². The van der Waals surface area contributed by atoms with Crippen molar-refractivity contribution in [3.8, 4) is 5.75 Å². The number of esters is 1. The van der Waals surface area contributed by atoms with Gasteiger partial charge in [0.25, 0.3) is 11.6 Å². The predicted octanol–water partition coefficient (Wildman–Crippen LogP) is 3.83. The summed E-state index contributed by atoms with van der Waals surface area (Å²) in [7, 11) is 0. The summed E-state index contributed by atoms with van der Waals surface area (Å²) in [6, 6.07) is 9.92. The fourth-order valence-corrected chi connectivity index (χ4v) is 2.26. The second-order valence-electron chi connectivity index (χ2n) is 5.42. The average molecular weight is 393 g/mol. The Labute approximate surface area is 160 Å². The number of nitrogens with zero attached hydrogens (tertiary/aromatic N) is 1. The van der Waals surface area contributed by atoms with Crippen molar-refractivity contribution in [3.63, 3.8) is 0 Å². The van der Waals surface area contributed by atoms with Crippen molar-refractivity contribution in [1.82, 2.24) is 0 Å². The summed E-state index contributed by atoms with van der Waals surface area (Å²) in [6.45, 7) is 3.73. The number of nitrogens with one attached hydrogen (secondary N) is 1. The molecule has 0 radical (unpaired) electrons. The number of carbonyl (C=O) groups is 2. The highest BCUT2D eigenvalue weighted by Crippen LogP contribution is 2.27. The van der Waals surface area contributed by atoms with Crippen molar-refractivity contribution < 1.29 is 24.0 Å².